The maximum atomic E-state index is 9.94. The molecule has 50 valence electrons. The molecule has 0 heterocycles. The Morgan fingerprint density at radius 1 is 1.60 bits per heavy atom. The van der Waals surface area contributed by atoms with Crippen molar-refractivity contribution in [3.05, 3.63) is 0 Å². The Morgan fingerprint density at radius 2 is 2.00 bits per heavy atom. The van der Waals surface area contributed by atoms with E-state index in [1.165, 1.54) is 6.07 Å². The van der Waals surface area contributed by atoms with Gasteiger partial charge in [0.25, 0.3) is 0 Å². The number of hydrogen-bond donors (Lipinski definition) is 0. The zero-order chi connectivity index (χ0) is 7.49. The summed E-state index contributed by atoms with van der Waals surface area (Å²) in [7, 11) is -4.88. The Balaban J connectivity index is 0. The molecule has 0 aromatic carbocycles. The van der Waals surface area contributed by atoms with Crippen LogP contribution in [0.2, 0.25) is 0 Å². The molecule has 0 aliphatic rings. The SMILES string of the molecule is N#CCC(=O)S(=O)(=O)[O-].[Na+]. The molecule has 0 aliphatic heterocycles. The first-order valence-electron chi connectivity index (χ1n) is 1.84. The quantitative estimate of drug-likeness (QED) is 0.295. The van der Waals surface area contributed by atoms with E-state index < -0.39 is 21.7 Å². The molecule has 0 spiro atoms. The van der Waals surface area contributed by atoms with Crippen LogP contribution in [0.15, 0.2) is 0 Å². The van der Waals surface area contributed by atoms with Gasteiger partial charge in [0.05, 0.1) is 6.07 Å². The van der Waals surface area contributed by atoms with Crippen molar-refractivity contribution in [2.75, 3.05) is 0 Å². The second kappa shape index (κ2) is 4.82. The van der Waals surface area contributed by atoms with Crippen molar-refractivity contribution in [2.45, 2.75) is 6.42 Å². The normalized spacial score (nSPS) is 9.20. The molecule has 7 heteroatoms. The Morgan fingerprint density at radius 3 is 2.10 bits per heavy atom. The average molecular weight is 171 g/mol. The number of carbonyl (C=O) groups is 1. The number of nitrogens with zero attached hydrogens (tertiary/aromatic N) is 1. The van der Waals surface area contributed by atoms with Crippen LogP contribution in [0, 0.1) is 11.3 Å². The number of carbonyl (C=O) groups excluding carboxylic acids is 1. The summed E-state index contributed by atoms with van der Waals surface area (Å²) in [5, 5.41) is 6.15. The van der Waals surface area contributed by atoms with Crippen molar-refractivity contribution < 1.29 is 47.3 Å². The molecule has 0 bridgehead atoms. The molecule has 0 aliphatic carbocycles. The molecular formula is C3H2NNaO4S. The van der Waals surface area contributed by atoms with Crippen LogP contribution in [0.25, 0.3) is 0 Å². The first kappa shape index (κ1) is 12.7. The Labute approximate surface area is 80.1 Å². The minimum atomic E-state index is -4.88. The molecule has 0 atom stereocenters. The summed E-state index contributed by atoms with van der Waals surface area (Å²) in [6.45, 7) is 0. The topological polar surface area (TPSA) is 98.1 Å². The third-order valence-corrected chi connectivity index (χ3v) is 1.20. The second-order valence-corrected chi connectivity index (χ2v) is 2.52. The van der Waals surface area contributed by atoms with Crippen LogP contribution in [0.3, 0.4) is 0 Å². The summed E-state index contributed by atoms with van der Waals surface area (Å²) in [5.41, 5.74) is 0. The van der Waals surface area contributed by atoms with Gasteiger partial charge in [-0.2, -0.15) is 5.26 Å². The third-order valence-electron chi connectivity index (χ3n) is 0.502. The number of nitriles is 1. The van der Waals surface area contributed by atoms with Gasteiger partial charge in [-0.05, 0) is 0 Å². The van der Waals surface area contributed by atoms with Crippen molar-refractivity contribution in [1.29, 1.82) is 5.26 Å². The van der Waals surface area contributed by atoms with Gasteiger partial charge in [-0.25, -0.2) is 8.42 Å². The van der Waals surface area contributed by atoms with Gasteiger partial charge in [-0.15, -0.1) is 0 Å². The van der Waals surface area contributed by atoms with E-state index in [-0.39, 0.29) is 29.6 Å². The van der Waals surface area contributed by atoms with E-state index in [0.717, 1.165) is 0 Å². The van der Waals surface area contributed by atoms with Gasteiger partial charge in [0, 0.05) is 0 Å². The maximum absolute atomic E-state index is 9.94. The fourth-order valence-corrected chi connectivity index (χ4v) is 0.394. The van der Waals surface area contributed by atoms with Crippen molar-refractivity contribution in [1.82, 2.24) is 0 Å². The standard InChI is InChI=1S/C3H3NO4S.Na/c4-2-1-3(5)9(6,7)8;/h1H2,(H,6,7,8);/q;+1/p-1. The van der Waals surface area contributed by atoms with Crippen LogP contribution in [-0.2, 0) is 14.9 Å². The van der Waals surface area contributed by atoms with Gasteiger partial charge in [-0.1, -0.05) is 0 Å². The predicted octanol–water partition coefficient (Wildman–Crippen LogP) is -4.02. The van der Waals surface area contributed by atoms with Crippen molar-refractivity contribution in [2.24, 2.45) is 0 Å². The van der Waals surface area contributed by atoms with E-state index in [1.54, 1.807) is 0 Å². The molecule has 0 saturated carbocycles. The van der Waals surface area contributed by atoms with Crippen LogP contribution in [0.5, 0.6) is 0 Å². The number of hydrogen-bond acceptors (Lipinski definition) is 5. The van der Waals surface area contributed by atoms with Crippen LogP contribution in [0.4, 0.5) is 0 Å². The van der Waals surface area contributed by atoms with Crippen molar-refractivity contribution in [3.8, 4) is 6.07 Å². The summed E-state index contributed by atoms with van der Waals surface area (Å²) in [5.74, 6) is 0. The fraction of sp³-hybridized carbons (Fsp3) is 0.333. The summed E-state index contributed by atoms with van der Waals surface area (Å²) >= 11 is 0. The van der Waals surface area contributed by atoms with Gasteiger partial charge < -0.3 is 4.55 Å². The van der Waals surface area contributed by atoms with Gasteiger partial charge >= 0.3 is 29.6 Å². The summed E-state index contributed by atoms with van der Waals surface area (Å²) in [4.78, 5) is 9.94. The molecule has 0 radical (unpaired) electrons. The van der Waals surface area contributed by atoms with Gasteiger partial charge in [0.15, 0.2) is 10.1 Å². The van der Waals surface area contributed by atoms with E-state index in [2.05, 4.69) is 0 Å². The van der Waals surface area contributed by atoms with Crippen LogP contribution in [-0.4, -0.2) is 18.1 Å². The molecule has 5 nitrogen and oxygen atoms in total. The molecule has 0 rings (SSSR count). The van der Waals surface area contributed by atoms with Crippen LogP contribution < -0.4 is 29.6 Å². The minimum absolute atomic E-state index is 0. The molecule has 0 amide bonds. The Kier molecular flexibility index (Phi) is 6.13. The largest absolute Gasteiger partial charge is 1.00 e. The Hall–Kier alpha value is 0.0700. The molecule has 10 heavy (non-hydrogen) atoms. The van der Waals surface area contributed by atoms with Gasteiger partial charge in [0.1, 0.15) is 6.42 Å². The number of rotatable bonds is 1. The predicted molar refractivity (Wildman–Crippen MR) is 24.9 cm³/mol. The summed E-state index contributed by atoms with van der Waals surface area (Å²) < 4.78 is 29.0. The van der Waals surface area contributed by atoms with E-state index >= 15 is 0 Å². The first-order valence-corrected chi connectivity index (χ1v) is 3.25. The van der Waals surface area contributed by atoms with E-state index in [0.29, 0.717) is 0 Å². The molecule has 0 saturated heterocycles. The van der Waals surface area contributed by atoms with Crippen LogP contribution >= 0.6 is 0 Å². The van der Waals surface area contributed by atoms with E-state index in [1.807, 2.05) is 0 Å². The third kappa shape index (κ3) is 4.90. The van der Waals surface area contributed by atoms with Crippen molar-refractivity contribution in [3.63, 3.8) is 0 Å². The van der Waals surface area contributed by atoms with Gasteiger partial charge in [-0.3, -0.25) is 4.79 Å². The molecular weight excluding hydrogens is 169 g/mol. The monoisotopic (exact) mass is 171 g/mol. The molecule has 0 unspecified atom stereocenters. The minimum Gasteiger partial charge on any atom is -0.742 e. The summed E-state index contributed by atoms with van der Waals surface area (Å²) in [6, 6.07) is 1.25. The molecule has 0 aromatic rings. The molecule has 0 N–H and O–H groups in total. The zero-order valence-corrected chi connectivity index (χ0v) is 8.01. The summed E-state index contributed by atoms with van der Waals surface area (Å²) in [6.07, 6.45) is -0.869. The van der Waals surface area contributed by atoms with E-state index in [9.17, 15) is 17.8 Å². The maximum Gasteiger partial charge on any atom is 1.00 e. The average Bonchev–Trinajstić information content (AvgIpc) is 1.64. The Bertz CT molecular complexity index is 250. The molecule has 0 aromatic heterocycles. The zero-order valence-electron chi connectivity index (χ0n) is 5.20. The molecule has 0 fully saturated rings. The fourth-order valence-electron chi connectivity index (χ4n) is 0.153. The second-order valence-electron chi connectivity index (χ2n) is 1.16. The smallest absolute Gasteiger partial charge is 0.742 e. The van der Waals surface area contributed by atoms with Gasteiger partial charge in [0.2, 0.25) is 5.12 Å². The van der Waals surface area contributed by atoms with E-state index in [4.69, 9.17) is 5.26 Å². The van der Waals surface area contributed by atoms with Crippen molar-refractivity contribution >= 4 is 15.2 Å². The van der Waals surface area contributed by atoms with Crippen LogP contribution in [0.1, 0.15) is 6.42 Å². The first-order chi connectivity index (χ1) is 3.98.